The molecular formula is C20H19IN2O2S. The van der Waals surface area contributed by atoms with Crippen LogP contribution in [0.5, 0.6) is 11.5 Å². The first-order valence-electron chi connectivity index (χ1n) is 8.37. The van der Waals surface area contributed by atoms with Crippen molar-refractivity contribution < 1.29 is 9.47 Å². The molecule has 0 N–H and O–H groups in total. The minimum atomic E-state index is 0.423. The highest BCUT2D eigenvalue weighted by atomic mass is 127. The van der Waals surface area contributed by atoms with Crippen LogP contribution in [0.2, 0.25) is 0 Å². The number of hydrogen-bond acceptors (Lipinski definition) is 5. The van der Waals surface area contributed by atoms with Crippen LogP contribution in [-0.2, 0) is 12.8 Å². The Morgan fingerprint density at radius 2 is 2.19 bits per heavy atom. The number of fused-ring (bicyclic) bond motifs is 1. The third kappa shape index (κ3) is 3.94. The van der Waals surface area contributed by atoms with Crippen molar-refractivity contribution in [1.29, 1.82) is 5.26 Å². The van der Waals surface area contributed by atoms with Crippen LogP contribution in [0.1, 0.15) is 34.4 Å². The molecule has 6 heteroatoms. The van der Waals surface area contributed by atoms with Crippen LogP contribution in [-0.4, -0.2) is 19.9 Å². The summed E-state index contributed by atoms with van der Waals surface area (Å²) in [7, 11) is 1.62. The van der Waals surface area contributed by atoms with Gasteiger partial charge in [0, 0.05) is 11.1 Å². The number of rotatable bonds is 6. The molecule has 3 rings (SSSR count). The molecule has 1 aliphatic rings. The number of aryl methyl sites for hydroxylation is 1. The Bertz CT molecular complexity index is 896. The Hall–Kier alpha value is -1.85. The molecule has 1 heterocycles. The first-order valence-corrected chi connectivity index (χ1v) is 10.3. The van der Waals surface area contributed by atoms with Crippen LogP contribution in [0, 0.1) is 14.9 Å². The van der Waals surface area contributed by atoms with Crippen molar-refractivity contribution in [2.24, 2.45) is 4.99 Å². The van der Waals surface area contributed by atoms with Crippen molar-refractivity contribution in [3.8, 4) is 17.6 Å². The zero-order valence-electron chi connectivity index (χ0n) is 14.5. The van der Waals surface area contributed by atoms with Gasteiger partial charge in [0.1, 0.15) is 17.7 Å². The number of ether oxygens (including phenoxy) is 2. The molecule has 0 spiro atoms. The van der Waals surface area contributed by atoms with Gasteiger partial charge in [0.05, 0.1) is 16.2 Å². The second-order valence-corrected chi connectivity index (χ2v) is 8.14. The number of nitriles is 1. The average Bonchev–Trinajstić information content (AvgIpc) is 3.02. The van der Waals surface area contributed by atoms with E-state index in [2.05, 4.69) is 40.2 Å². The fourth-order valence-corrected chi connectivity index (χ4v) is 4.95. The van der Waals surface area contributed by atoms with Gasteiger partial charge in [0.25, 0.3) is 0 Å². The zero-order valence-corrected chi connectivity index (χ0v) is 17.5. The Labute approximate surface area is 171 Å². The fraction of sp³-hybridized carbons (Fsp3) is 0.300. The summed E-state index contributed by atoms with van der Waals surface area (Å²) in [5.41, 5.74) is 2.86. The van der Waals surface area contributed by atoms with Crippen molar-refractivity contribution >= 4 is 45.1 Å². The second-order valence-electron chi connectivity index (χ2n) is 5.89. The normalized spacial score (nSPS) is 13.3. The molecule has 0 saturated heterocycles. The van der Waals surface area contributed by atoms with Crippen molar-refractivity contribution in [2.75, 3.05) is 13.7 Å². The van der Waals surface area contributed by atoms with Crippen LogP contribution in [0.3, 0.4) is 0 Å². The van der Waals surface area contributed by atoms with E-state index in [9.17, 15) is 5.26 Å². The van der Waals surface area contributed by atoms with E-state index in [1.54, 1.807) is 30.7 Å². The highest BCUT2D eigenvalue weighted by Crippen LogP contribution is 2.39. The van der Waals surface area contributed by atoms with Gasteiger partial charge in [-0.25, -0.2) is 4.99 Å². The molecule has 0 aliphatic heterocycles. The summed E-state index contributed by atoms with van der Waals surface area (Å²) in [5.74, 6) is 1.36. The average molecular weight is 478 g/mol. The van der Waals surface area contributed by atoms with Gasteiger partial charge < -0.3 is 9.47 Å². The van der Waals surface area contributed by atoms with Gasteiger partial charge in [-0.05, 0) is 71.5 Å². The third-order valence-corrected chi connectivity index (χ3v) is 6.19. The van der Waals surface area contributed by atoms with Crippen LogP contribution >= 0.6 is 33.9 Å². The van der Waals surface area contributed by atoms with Crippen molar-refractivity contribution in [2.45, 2.75) is 25.7 Å². The lowest BCUT2D eigenvalue weighted by molar-refractivity contribution is 0.324. The molecule has 0 bridgehead atoms. The highest BCUT2D eigenvalue weighted by Gasteiger charge is 2.20. The summed E-state index contributed by atoms with van der Waals surface area (Å²) in [6.07, 6.45) is 7.90. The Morgan fingerprint density at radius 1 is 1.38 bits per heavy atom. The standard InChI is InChI=1S/C20H19IN2O2S/c1-3-8-25-19-16(21)9-13(10-17(19)24-2)12-23-20-15(11-22)14-6-4-5-7-18(14)26-20/h3,9-10,12H,1,4-8H2,2H3. The van der Waals surface area contributed by atoms with Gasteiger partial charge in [0.2, 0.25) is 0 Å². The highest BCUT2D eigenvalue weighted by molar-refractivity contribution is 14.1. The lowest BCUT2D eigenvalue weighted by Crippen LogP contribution is -2.00. The Kier molecular flexibility index (Phi) is 6.33. The van der Waals surface area contributed by atoms with E-state index in [4.69, 9.17) is 9.47 Å². The van der Waals surface area contributed by atoms with Gasteiger partial charge in [0.15, 0.2) is 11.5 Å². The maximum absolute atomic E-state index is 9.54. The smallest absolute Gasteiger partial charge is 0.174 e. The van der Waals surface area contributed by atoms with E-state index in [1.807, 2.05) is 12.1 Å². The van der Waals surface area contributed by atoms with E-state index in [-0.39, 0.29) is 0 Å². The molecule has 0 unspecified atom stereocenters. The van der Waals surface area contributed by atoms with E-state index < -0.39 is 0 Å². The molecule has 0 amide bonds. The monoisotopic (exact) mass is 478 g/mol. The lowest BCUT2D eigenvalue weighted by atomic mass is 9.96. The quantitative estimate of drug-likeness (QED) is 0.316. The molecular weight excluding hydrogens is 459 g/mol. The van der Waals surface area contributed by atoms with Crippen molar-refractivity contribution in [3.05, 3.63) is 49.9 Å². The molecule has 1 aromatic heterocycles. The number of aliphatic imine (C=N–C) groups is 1. The fourth-order valence-electron chi connectivity index (χ4n) is 2.99. The van der Waals surface area contributed by atoms with Gasteiger partial charge in [-0.15, -0.1) is 11.3 Å². The maximum Gasteiger partial charge on any atom is 0.174 e. The van der Waals surface area contributed by atoms with Gasteiger partial charge in [-0.2, -0.15) is 5.26 Å². The molecule has 26 heavy (non-hydrogen) atoms. The predicted molar refractivity (Wildman–Crippen MR) is 114 cm³/mol. The molecule has 0 radical (unpaired) electrons. The summed E-state index contributed by atoms with van der Waals surface area (Å²) in [4.78, 5) is 5.94. The molecule has 0 saturated carbocycles. The largest absolute Gasteiger partial charge is 0.493 e. The van der Waals surface area contributed by atoms with E-state index in [0.29, 0.717) is 18.1 Å². The summed E-state index contributed by atoms with van der Waals surface area (Å²) >= 11 is 3.87. The molecule has 4 nitrogen and oxygen atoms in total. The second kappa shape index (κ2) is 8.69. The number of benzene rings is 1. The molecule has 1 aliphatic carbocycles. The Balaban J connectivity index is 1.92. The molecule has 0 atom stereocenters. The minimum absolute atomic E-state index is 0.423. The third-order valence-electron chi connectivity index (χ3n) is 4.19. The number of nitrogens with zero attached hydrogens (tertiary/aromatic N) is 2. The molecule has 2 aromatic rings. The summed E-state index contributed by atoms with van der Waals surface area (Å²) in [6, 6.07) is 6.23. The van der Waals surface area contributed by atoms with Crippen LogP contribution in [0.15, 0.2) is 29.8 Å². The van der Waals surface area contributed by atoms with Crippen molar-refractivity contribution in [1.82, 2.24) is 0 Å². The zero-order chi connectivity index (χ0) is 18.5. The maximum atomic E-state index is 9.54. The van der Waals surface area contributed by atoms with Crippen LogP contribution in [0.25, 0.3) is 0 Å². The van der Waals surface area contributed by atoms with E-state index >= 15 is 0 Å². The van der Waals surface area contributed by atoms with Gasteiger partial charge >= 0.3 is 0 Å². The summed E-state index contributed by atoms with van der Waals surface area (Å²) in [5, 5.41) is 10.3. The number of thiophene rings is 1. The van der Waals surface area contributed by atoms with E-state index in [1.165, 1.54) is 16.9 Å². The lowest BCUT2D eigenvalue weighted by Gasteiger charge is -2.12. The minimum Gasteiger partial charge on any atom is -0.493 e. The number of methoxy groups -OCH3 is 1. The summed E-state index contributed by atoms with van der Waals surface area (Å²) < 4.78 is 12.1. The first-order chi connectivity index (χ1) is 12.7. The Morgan fingerprint density at radius 3 is 2.92 bits per heavy atom. The SMILES string of the molecule is C=CCOc1c(I)cc(C=Nc2sc3c(c2C#N)CCCC3)cc1OC. The topological polar surface area (TPSA) is 54.6 Å². The summed E-state index contributed by atoms with van der Waals surface area (Å²) in [6.45, 7) is 4.09. The molecule has 0 fully saturated rings. The van der Waals surface area contributed by atoms with Gasteiger partial charge in [-0.1, -0.05) is 12.7 Å². The van der Waals surface area contributed by atoms with E-state index in [0.717, 1.165) is 39.0 Å². The predicted octanol–water partition coefficient (Wildman–Crippen LogP) is 5.43. The number of hydrogen-bond donors (Lipinski definition) is 0. The molecule has 134 valence electrons. The first kappa shape index (κ1) is 18.9. The van der Waals surface area contributed by atoms with Crippen LogP contribution in [0.4, 0.5) is 5.00 Å². The molecule has 1 aromatic carbocycles. The van der Waals surface area contributed by atoms with Crippen molar-refractivity contribution in [3.63, 3.8) is 0 Å². The van der Waals surface area contributed by atoms with Gasteiger partial charge in [-0.3, -0.25) is 0 Å². The number of halogens is 1. The van der Waals surface area contributed by atoms with Crippen LogP contribution < -0.4 is 9.47 Å².